The van der Waals surface area contributed by atoms with Crippen LogP contribution in [0.25, 0.3) is 0 Å². The second kappa shape index (κ2) is 4.38. The van der Waals surface area contributed by atoms with E-state index in [4.69, 9.17) is 5.73 Å². The van der Waals surface area contributed by atoms with Crippen molar-refractivity contribution in [3.05, 3.63) is 29.1 Å². The zero-order chi connectivity index (χ0) is 9.84. The maximum atomic E-state index is 6.02. The van der Waals surface area contributed by atoms with Gasteiger partial charge in [-0.25, -0.2) is 0 Å². The number of pyridine rings is 1. The van der Waals surface area contributed by atoms with Gasteiger partial charge in [0.25, 0.3) is 0 Å². The number of hydrogen-bond donors (Lipinski definition) is 1. The molecule has 1 unspecified atom stereocenters. The molecule has 0 bridgehead atoms. The van der Waals surface area contributed by atoms with E-state index in [0.717, 1.165) is 24.2 Å². The number of aryl methyl sites for hydroxylation is 2. The highest BCUT2D eigenvalue weighted by Gasteiger charge is 2.08. The lowest BCUT2D eigenvalue weighted by atomic mass is 10.0. The Balaban J connectivity index is 2.88. The number of rotatable bonds is 3. The van der Waals surface area contributed by atoms with Crippen LogP contribution in [-0.2, 0) is 0 Å². The summed E-state index contributed by atoms with van der Waals surface area (Å²) in [7, 11) is 0. The average molecular weight is 178 g/mol. The van der Waals surface area contributed by atoms with Gasteiger partial charge in [0.2, 0.25) is 0 Å². The molecule has 0 saturated heterocycles. The molecule has 0 aliphatic heterocycles. The third-order valence-electron chi connectivity index (χ3n) is 2.27. The van der Waals surface area contributed by atoms with Crippen LogP contribution in [0.15, 0.2) is 12.1 Å². The Bertz CT molecular complexity index is 281. The topological polar surface area (TPSA) is 38.9 Å². The maximum Gasteiger partial charge on any atom is 0.0423 e. The highest BCUT2D eigenvalue weighted by Crippen LogP contribution is 2.18. The summed E-state index contributed by atoms with van der Waals surface area (Å²) < 4.78 is 0. The van der Waals surface area contributed by atoms with E-state index in [1.807, 2.05) is 19.9 Å². The van der Waals surface area contributed by atoms with Gasteiger partial charge in [-0.3, -0.25) is 4.98 Å². The molecule has 72 valence electrons. The number of nitrogens with two attached hydrogens (primary N) is 1. The van der Waals surface area contributed by atoms with E-state index >= 15 is 0 Å². The van der Waals surface area contributed by atoms with E-state index in [2.05, 4.69) is 18.0 Å². The SMILES string of the molecule is CCCC(N)c1ccc(C)nc1C. The zero-order valence-corrected chi connectivity index (χ0v) is 8.67. The van der Waals surface area contributed by atoms with Crippen molar-refractivity contribution in [3.8, 4) is 0 Å². The Morgan fingerprint density at radius 1 is 1.38 bits per heavy atom. The van der Waals surface area contributed by atoms with Crippen LogP contribution >= 0.6 is 0 Å². The minimum atomic E-state index is 0.151. The predicted molar refractivity (Wildman–Crippen MR) is 55.5 cm³/mol. The van der Waals surface area contributed by atoms with Gasteiger partial charge in [-0.15, -0.1) is 0 Å². The number of aromatic nitrogens is 1. The molecule has 1 heterocycles. The first-order valence-corrected chi connectivity index (χ1v) is 4.85. The zero-order valence-electron chi connectivity index (χ0n) is 8.67. The molecule has 0 fully saturated rings. The first-order chi connectivity index (χ1) is 6.15. The van der Waals surface area contributed by atoms with Crippen LogP contribution in [-0.4, -0.2) is 4.98 Å². The first-order valence-electron chi connectivity index (χ1n) is 4.85. The molecule has 0 spiro atoms. The molecule has 2 heteroatoms. The molecule has 2 N–H and O–H groups in total. The van der Waals surface area contributed by atoms with Gasteiger partial charge in [0, 0.05) is 17.4 Å². The lowest BCUT2D eigenvalue weighted by Gasteiger charge is -2.13. The molecule has 0 aromatic carbocycles. The number of hydrogen-bond acceptors (Lipinski definition) is 2. The summed E-state index contributed by atoms with van der Waals surface area (Å²) >= 11 is 0. The van der Waals surface area contributed by atoms with Crippen LogP contribution in [0.1, 0.15) is 42.8 Å². The van der Waals surface area contributed by atoms with E-state index < -0.39 is 0 Å². The average Bonchev–Trinajstić information content (AvgIpc) is 2.04. The van der Waals surface area contributed by atoms with Gasteiger partial charge in [-0.1, -0.05) is 19.4 Å². The van der Waals surface area contributed by atoms with Gasteiger partial charge in [0.05, 0.1) is 0 Å². The summed E-state index contributed by atoms with van der Waals surface area (Å²) in [4.78, 5) is 4.40. The van der Waals surface area contributed by atoms with Gasteiger partial charge in [-0.2, -0.15) is 0 Å². The molecule has 1 atom stereocenters. The second-order valence-electron chi connectivity index (χ2n) is 3.52. The minimum absolute atomic E-state index is 0.151. The standard InChI is InChI=1S/C11H18N2/c1-4-5-11(12)10-7-6-8(2)13-9(10)3/h6-7,11H,4-5,12H2,1-3H3. The van der Waals surface area contributed by atoms with E-state index in [1.165, 1.54) is 5.56 Å². The van der Waals surface area contributed by atoms with Crippen LogP contribution < -0.4 is 5.73 Å². The quantitative estimate of drug-likeness (QED) is 0.772. The van der Waals surface area contributed by atoms with Crippen molar-refractivity contribution < 1.29 is 0 Å². The van der Waals surface area contributed by atoms with E-state index in [0.29, 0.717) is 0 Å². The van der Waals surface area contributed by atoms with E-state index in [1.54, 1.807) is 0 Å². The third-order valence-corrected chi connectivity index (χ3v) is 2.27. The third kappa shape index (κ3) is 2.52. The molecule has 13 heavy (non-hydrogen) atoms. The smallest absolute Gasteiger partial charge is 0.0423 e. The highest BCUT2D eigenvalue weighted by atomic mass is 14.7. The van der Waals surface area contributed by atoms with Crippen molar-refractivity contribution in [3.63, 3.8) is 0 Å². The second-order valence-corrected chi connectivity index (χ2v) is 3.52. The summed E-state index contributed by atoms with van der Waals surface area (Å²) in [5.41, 5.74) is 9.33. The van der Waals surface area contributed by atoms with E-state index in [9.17, 15) is 0 Å². The van der Waals surface area contributed by atoms with Gasteiger partial charge >= 0.3 is 0 Å². The van der Waals surface area contributed by atoms with E-state index in [-0.39, 0.29) is 6.04 Å². The molecule has 1 aromatic rings. The van der Waals surface area contributed by atoms with Crippen LogP contribution in [0.3, 0.4) is 0 Å². The fourth-order valence-corrected chi connectivity index (χ4v) is 1.56. The van der Waals surface area contributed by atoms with Crippen molar-refractivity contribution in [2.24, 2.45) is 5.73 Å². The summed E-state index contributed by atoms with van der Waals surface area (Å²) in [6, 6.07) is 4.27. The Kier molecular flexibility index (Phi) is 3.43. The van der Waals surface area contributed by atoms with Crippen molar-refractivity contribution in [2.45, 2.75) is 39.7 Å². The summed E-state index contributed by atoms with van der Waals surface area (Å²) in [6.45, 7) is 6.18. The molecular formula is C11H18N2. The molecule has 2 nitrogen and oxygen atoms in total. The van der Waals surface area contributed by atoms with Gasteiger partial charge in [-0.05, 0) is 31.9 Å². The number of nitrogens with zero attached hydrogens (tertiary/aromatic N) is 1. The molecule has 1 aromatic heterocycles. The predicted octanol–water partition coefficient (Wildman–Crippen LogP) is 2.50. The Morgan fingerprint density at radius 2 is 2.08 bits per heavy atom. The monoisotopic (exact) mass is 178 g/mol. The molecule has 0 radical (unpaired) electrons. The lowest BCUT2D eigenvalue weighted by Crippen LogP contribution is -2.12. The summed E-state index contributed by atoms with van der Waals surface area (Å²) in [5, 5.41) is 0. The van der Waals surface area contributed by atoms with Gasteiger partial charge in [0.15, 0.2) is 0 Å². The molecule has 0 saturated carbocycles. The van der Waals surface area contributed by atoms with Crippen LogP contribution in [0.2, 0.25) is 0 Å². The lowest BCUT2D eigenvalue weighted by molar-refractivity contribution is 0.631. The van der Waals surface area contributed by atoms with Gasteiger partial charge in [0.1, 0.15) is 0 Å². The van der Waals surface area contributed by atoms with Crippen LogP contribution in [0, 0.1) is 13.8 Å². The Labute approximate surface area is 80.2 Å². The molecule has 1 rings (SSSR count). The summed E-state index contributed by atoms with van der Waals surface area (Å²) in [5.74, 6) is 0. The molecule has 0 aliphatic carbocycles. The highest BCUT2D eigenvalue weighted by molar-refractivity contribution is 5.24. The fourth-order valence-electron chi connectivity index (χ4n) is 1.56. The molecule has 0 aliphatic rings. The minimum Gasteiger partial charge on any atom is -0.324 e. The molecule has 0 amide bonds. The van der Waals surface area contributed by atoms with Gasteiger partial charge < -0.3 is 5.73 Å². The first kappa shape index (κ1) is 10.2. The molecular weight excluding hydrogens is 160 g/mol. The largest absolute Gasteiger partial charge is 0.324 e. The Hall–Kier alpha value is -0.890. The summed E-state index contributed by atoms with van der Waals surface area (Å²) in [6.07, 6.45) is 2.15. The maximum absolute atomic E-state index is 6.02. The van der Waals surface area contributed by atoms with Crippen molar-refractivity contribution in [2.75, 3.05) is 0 Å². The fraction of sp³-hybridized carbons (Fsp3) is 0.545. The van der Waals surface area contributed by atoms with Crippen LogP contribution in [0.5, 0.6) is 0 Å². The van der Waals surface area contributed by atoms with Crippen molar-refractivity contribution in [1.29, 1.82) is 0 Å². The Morgan fingerprint density at radius 3 is 2.62 bits per heavy atom. The van der Waals surface area contributed by atoms with Crippen LogP contribution in [0.4, 0.5) is 0 Å². The van der Waals surface area contributed by atoms with Crippen molar-refractivity contribution >= 4 is 0 Å². The van der Waals surface area contributed by atoms with Crippen molar-refractivity contribution in [1.82, 2.24) is 4.98 Å². The normalized spacial score (nSPS) is 12.9.